The van der Waals surface area contributed by atoms with Gasteiger partial charge in [-0.25, -0.2) is 0 Å². The van der Waals surface area contributed by atoms with Crippen LogP contribution in [0.2, 0.25) is 0 Å². The number of nitrogens with zero attached hydrogens (tertiary/aromatic N) is 1. The maximum absolute atomic E-state index is 12.1. The van der Waals surface area contributed by atoms with Gasteiger partial charge in [-0.05, 0) is 36.6 Å². The van der Waals surface area contributed by atoms with Gasteiger partial charge in [0.05, 0.1) is 7.11 Å². The van der Waals surface area contributed by atoms with Crippen molar-refractivity contribution in [3.63, 3.8) is 0 Å². The van der Waals surface area contributed by atoms with Crippen LogP contribution in [0.5, 0.6) is 5.75 Å². The van der Waals surface area contributed by atoms with Crippen molar-refractivity contribution in [1.82, 2.24) is 4.90 Å². The molecule has 2 N–H and O–H groups in total. The normalized spacial score (nSPS) is 16.1. The Balaban J connectivity index is 1.92. The standard InChI is InChI=1S/C16H20N2O3/c1-21-14-4-2-3-12(11-14)5-6-15(19)18-9-7-13(8-10-18)16(17)20/h2-6,11,13H,7-10H2,1H3,(H2,17,20)/b6-5+. The lowest BCUT2D eigenvalue weighted by Crippen LogP contribution is -2.41. The van der Waals surface area contributed by atoms with E-state index in [0.717, 1.165) is 11.3 Å². The molecular formula is C16H20N2O3. The summed E-state index contributed by atoms with van der Waals surface area (Å²) in [6, 6.07) is 7.50. The van der Waals surface area contributed by atoms with Crippen molar-refractivity contribution in [3.8, 4) is 5.75 Å². The molecule has 1 aromatic rings. The Kier molecular flexibility index (Phi) is 4.98. The molecule has 1 saturated heterocycles. The quantitative estimate of drug-likeness (QED) is 0.852. The first kappa shape index (κ1) is 15.1. The van der Waals surface area contributed by atoms with Crippen molar-refractivity contribution in [2.75, 3.05) is 20.2 Å². The molecule has 1 aromatic carbocycles. The van der Waals surface area contributed by atoms with Crippen molar-refractivity contribution < 1.29 is 14.3 Å². The highest BCUT2D eigenvalue weighted by molar-refractivity contribution is 5.92. The third kappa shape index (κ3) is 4.08. The van der Waals surface area contributed by atoms with E-state index in [1.165, 1.54) is 0 Å². The van der Waals surface area contributed by atoms with Gasteiger partial charge in [0, 0.05) is 25.1 Å². The Bertz CT molecular complexity index is 546. The topological polar surface area (TPSA) is 72.6 Å². The summed E-state index contributed by atoms with van der Waals surface area (Å²) in [7, 11) is 1.61. The fourth-order valence-corrected chi connectivity index (χ4v) is 2.40. The molecular weight excluding hydrogens is 268 g/mol. The summed E-state index contributed by atoms with van der Waals surface area (Å²) in [6.07, 6.45) is 4.62. The maximum Gasteiger partial charge on any atom is 0.246 e. The first-order chi connectivity index (χ1) is 10.1. The number of piperidine rings is 1. The van der Waals surface area contributed by atoms with Gasteiger partial charge in [-0.3, -0.25) is 9.59 Å². The second-order valence-electron chi connectivity index (χ2n) is 5.11. The van der Waals surface area contributed by atoms with Gasteiger partial charge in [-0.2, -0.15) is 0 Å². The minimum atomic E-state index is -0.269. The predicted molar refractivity (Wildman–Crippen MR) is 80.5 cm³/mol. The van der Waals surface area contributed by atoms with Crippen LogP contribution in [0.3, 0.4) is 0 Å². The van der Waals surface area contributed by atoms with Crippen LogP contribution >= 0.6 is 0 Å². The highest BCUT2D eigenvalue weighted by Gasteiger charge is 2.24. The number of nitrogens with two attached hydrogens (primary N) is 1. The molecule has 2 amide bonds. The van der Waals surface area contributed by atoms with Gasteiger partial charge in [-0.15, -0.1) is 0 Å². The minimum absolute atomic E-state index is 0.0410. The molecule has 0 bridgehead atoms. The van der Waals surface area contributed by atoms with E-state index in [4.69, 9.17) is 10.5 Å². The Morgan fingerprint density at radius 2 is 2.05 bits per heavy atom. The summed E-state index contributed by atoms with van der Waals surface area (Å²) < 4.78 is 5.14. The molecule has 1 aliphatic heterocycles. The minimum Gasteiger partial charge on any atom is -0.497 e. The highest BCUT2D eigenvalue weighted by Crippen LogP contribution is 2.18. The zero-order valence-corrected chi connectivity index (χ0v) is 12.1. The molecule has 0 radical (unpaired) electrons. The average Bonchev–Trinajstić information content (AvgIpc) is 2.53. The Hall–Kier alpha value is -2.30. The van der Waals surface area contributed by atoms with Crippen LogP contribution in [0.15, 0.2) is 30.3 Å². The van der Waals surface area contributed by atoms with Crippen LogP contribution in [0, 0.1) is 5.92 Å². The largest absolute Gasteiger partial charge is 0.497 e. The Morgan fingerprint density at radius 1 is 1.33 bits per heavy atom. The van der Waals surface area contributed by atoms with Crippen LogP contribution in [0.25, 0.3) is 6.08 Å². The summed E-state index contributed by atoms with van der Waals surface area (Å²) in [5.74, 6) is 0.345. The van der Waals surface area contributed by atoms with E-state index in [2.05, 4.69) is 0 Å². The lowest BCUT2D eigenvalue weighted by molar-refractivity contribution is -0.130. The van der Waals surface area contributed by atoms with Crippen LogP contribution in [-0.2, 0) is 9.59 Å². The van der Waals surface area contributed by atoms with E-state index < -0.39 is 0 Å². The van der Waals surface area contributed by atoms with Crippen molar-refractivity contribution >= 4 is 17.9 Å². The van der Waals surface area contributed by atoms with E-state index in [9.17, 15) is 9.59 Å². The molecule has 0 unspecified atom stereocenters. The van der Waals surface area contributed by atoms with E-state index in [-0.39, 0.29) is 17.7 Å². The molecule has 1 aliphatic rings. The number of likely N-dealkylation sites (tertiary alicyclic amines) is 1. The number of amides is 2. The molecule has 21 heavy (non-hydrogen) atoms. The number of methoxy groups -OCH3 is 1. The summed E-state index contributed by atoms with van der Waals surface area (Å²) in [4.78, 5) is 24.9. The van der Waals surface area contributed by atoms with E-state index in [1.54, 1.807) is 24.2 Å². The van der Waals surface area contributed by atoms with Gasteiger partial charge in [0.15, 0.2) is 0 Å². The predicted octanol–water partition coefficient (Wildman–Crippen LogP) is 1.43. The number of hydrogen-bond acceptors (Lipinski definition) is 3. The second kappa shape index (κ2) is 6.92. The Morgan fingerprint density at radius 3 is 2.67 bits per heavy atom. The van der Waals surface area contributed by atoms with Crippen LogP contribution in [-0.4, -0.2) is 36.9 Å². The summed E-state index contributed by atoms with van der Waals surface area (Å²) in [6.45, 7) is 1.16. The van der Waals surface area contributed by atoms with Gasteiger partial charge >= 0.3 is 0 Å². The van der Waals surface area contributed by atoms with Crippen molar-refractivity contribution in [2.45, 2.75) is 12.8 Å². The highest BCUT2D eigenvalue weighted by atomic mass is 16.5. The number of carbonyl (C=O) groups excluding carboxylic acids is 2. The molecule has 0 aromatic heterocycles. The van der Waals surface area contributed by atoms with E-state index in [1.807, 2.05) is 24.3 Å². The van der Waals surface area contributed by atoms with Crippen LogP contribution in [0.1, 0.15) is 18.4 Å². The van der Waals surface area contributed by atoms with Gasteiger partial charge in [0.1, 0.15) is 5.75 Å². The van der Waals surface area contributed by atoms with Gasteiger partial charge in [0.2, 0.25) is 11.8 Å². The van der Waals surface area contributed by atoms with Crippen LogP contribution in [0.4, 0.5) is 0 Å². The number of rotatable bonds is 4. The number of benzene rings is 1. The molecule has 0 aliphatic carbocycles. The first-order valence-corrected chi connectivity index (χ1v) is 7.00. The molecule has 1 fully saturated rings. The number of carbonyl (C=O) groups is 2. The van der Waals surface area contributed by atoms with Gasteiger partial charge < -0.3 is 15.4 Å². The lowest BCUT2D eigenvalue weighted by atomic mass is 9.96. The molecule has 5 heteroatoms. The molecule has 0 saturated carbocycles. The zero-order chi connectivity index (χ0) is 15.2. The van der Waals surface area contributed by atoms with Crippen molar-refractivity contribution in [2.24, 2.45) is 11.7 Å². The van der Waals surface area contributed by atoms with Crippen molar-refractivity contribution in [1.29, 1.82) is 0 Å². The first-order valence-electron chi connectivity index (χ1n) is 7.00. The molecule has 0 atom stereocenters. The SMILES string of the molecule is COc1cccc(/C=C/C(=O)N2CCC(C(N)=O)CC2)c1. The third-order valence-electron chi connectivity index (χ3n) is 3.72. The number of hydrogen-bond donors (Lipinski definition) is 1. The fraction of sp³-hybridized carbons (Fsp3) is 0.375. The summed E-state index contributed by atoms with van der Waals surface area (Å²) in [5.41, 5.74) is 6.19. The summed E-state index contributed by atoms with van der Waals surface area (Å²) >= 11 is 0. The third-order valence-corrected chi connectivity index (χ3v) is 3.72. The maximum atomic E-state index is 12.1. The van der Waals surface area contributed by atoms with Gasteiger partial charge in [0.25, 0.3) is 0 Å². The van der Waals surface area contributed by atoms with Gasteiger partial charge in [-0.1, -0.05) is 12.1 Å². The van der Waals surface area contributed by atoms with Crippen molar-refractivity contribution in [3.05, 3.63) is 35.9 Å². The number of ether oxygens (including phenoxy) is 1. The fourth-order valence-electron chi connectivity index (χ4n) is 2.40. The summed E-state index contributed by atoms with van der Waals surface area (Å²) in [5, 5.41) is 0. The molecule has 5 nitrogen and oxygen atoms in total. The second-order valence-corrected chi connectivity index (χ2v) is 5.11. The molecule has 1 heterocycles. The smallest absolute Gasteiger partial charge is 0.246 e. The van der Waals surface area contributed by atoms with Crippen LogP contribution < -0.4 is 10.5 Å². The van der Waals surface area contributed by atoms with E-state index in [0.29, 0.717) is 25.9 Å². The van der Waals surface area contributed by atoms with E-state index >= 15 is 0 Å². The Labute approximate surface area is 124 Å². The molecule has 112 valence electrons. The lowest BCUT2D eigenvalue weighted by Gasteiger charge is -2.29. The molecule has 2 rings (SSSR count). The average molecular weight is 288 g/mol. The molecule has 0 spiro atoms. The zero-order valence-electron chi connectivity index (χ0n) is 12.1. The number of primary amides is 1. The monoisotopic (exact) mass is 288 g/mol.